The van der Waals surface area contributed by atoms with Gasteiger partial charge in [0, 0.05) is 24.5 Å². The van der Waals surface area contributed by atoms with Crippen LogP contribution >= 0.6 is 11.6 Å². The molecule has 6 heteroatoms. The summed E-state index contributed by atoms with van der Waals surface area (Å²) >= 11 is 5.71. The number of benzene rings is 1. The van der Waals surface area contributed by atoms with Crippen LogP contribution < -0.4 is 0 Å². The Hall–Kier alpha value is -0.650. The number of rotatable bonds is 3. The largest absolute Gasteiger partial charge is 0.243 e. The molecule has 1 saturated heterocycles. The molecule has 0 atom stereocenters. The predicted molar refractivity (Wildman–Crippen MR) is 77.9 cm³/mol. The fourth-order valence-electron chi connectivity index (χ4n) is 2.47. The number of sulfonamides is 1. The number of hydrogen-bond donors (Lipinski definition) is 0. The van der Waals surface area contributed by atoms with Gasteiger partial charge in [0.1, 0.15) is 5.82 Å². The normalized spacial score (nSPS) is 17.9. The van der Waals surface area contributed by atoms with Crippen LogP contribution in [0, 0.1) is 12.7 Å². The summed E-state index contributed by atoms with van der Waals surface area (Å²) in [6.45, 7) is 2.51. The Kier molecular flexibility index (Phi) is 5.04. The summed E-state index contributed by atoms with van der Waals surface area (Å²) < 4.78 is 40.7. The van der Waals surface area contributed by atoms with E-state index in [-0.39, 0.29) is 16.3 Å². The second-order valence-electron chi connectivity index (χ2n) is 5.15. The summed E-state index contributed by atoms with van der Waals surface area (Å²) in [5.41, 5.74) is 0.659. The van der Waals surface area contributed by atoms with Gasteiger partial charge in [-0.05, 0) is 37.5 Å². The zero-order valence-electron chi connectivity index (χ0n) is 11.5. The van der Waals surface area contributed by atoms with E-state index in [1.807, 2.05) is 0 Å². The van der Waals surface area contributed by atoms with Crippen molar-refractivity contribution < 1.29 is 12.8 Å². The minimum Gasteiger partial charge on any atom is -0.207 e. The second-order valence-corrected chi connectivity index (χ2v) is 7.33. The number of alkyl halides is 1. The summed E-state index contributed by atoms with van der Waals surface area (Å²) in [6, 6.07) is 2.79. The first-order valence-corrected chi connectivity index (χ1v) is 8.79. The quantitative estimate of drug-likeness (QED) is 0.800. The van der Waals surface area contributed by atoms with Gasteiger partial charge >= 0.3 is 0 Å². The lowest BCUT2D eigenvalue weighted by atomic mass is 10.1. The maximum atomic E-state index is 13.9. The molecule has 112 valence electrons. The minimum atomic E-state index is -3.64. The average molecular weight is 320 g/mol. The van der Waals surface area contributed by atoms with Crippen molar-refractivity contribution in [3.8, 4) is 0 Å². The van der Waals surface area contributed by atoms with Gasteiger partial charge in [-0.1, -0.05) is 12.8 Å². The maximum absolute atomic E-state index is 13.9. The van der Waals surface area contributed by atoms with E-state index >= 15 is 0 Å². The molecule has 2 rings (SSSR count). The van der Waals surface area contributed by atoms with E-state index < -0.39 is 15.8 Å². The standard InChI is InChI=1S/C14H19ClFNO2S/c1-11-13(16)8-12(10-15)9-14(11)20(18,19)17-6-4-2-3-5-7-17/h8-9H,2-7,10H2,1H3. The van der Waals surface area contributed by atoms with E-state index in [2.05, 4.69) is 0 Å². The zero-order chi connectivity index (χ0) is 14.8. The van der Waals surface area contributed by atoms with E-state index in [9.17, 15) is 12.8 Å². The van der Waals surface area contributed by atoms with Crippen LogP contribution in [0.3, 0.4) is 0 Å². The maximum Gasteiger partial charge on any atom is 0.243 e. The zero-order valence-corrected chi connectivity index (χ0v) is 13.1. The molecule has 1 aliphatic rings. The van der Waals surface area contributed by atoms with Crippen molar-refractivity contribution in [1.29, 1.82) is 0 Å². The predicted octanol–water partition coefficient (Wildman–Crippen LogP) is 3.44. The first kappa shape index (κ1) is 15.7. The first-order chi connectivity index (χ1) is 9.46. The van der Waals surface area contributed by atoms with Gasteiger partial charge in [-0.25, -0.2) is 12.8 Å². The molecule has 0 bridgehead atoms. The summed E-state index contributed by atoms with van der Waals surface area (Å²) in [4.78, 5) is 0.0510. The van der Waals surface area contributed by atoms with E-state index in [1.54, 1.807) is 0 Å². The van der Waals surface area contributed by atoms with Gasteiger partial charge in [-0.3, -0.25) is 0 Å². The van der Waals surface area contributed by atoms with Crippen LogP contribution in [0.4, 0.5) is 4.39 Å². The molecule has 3 nitrogen and oxygen atoms in total. The van der Waals surface area contributed by atoms with Gasteiger partial charge < -0.3 is 0 Å². The summed E-state index contributed by atoms with van der Waals surface area (Å²) in [5.74, 6) is -0.420. The van der Waals surface area contributed by atoms with Gasteiger partial charge in [0.2, 0.25) is 10.0 Å². The smallest absolute Gasteiger partial charge is 0.207 e. The van der Waals surface area contributed by atoms with E-state index in [0.717, 1.165) is 25.7 Å². The summed E-state index contributed by atoms with van der Waals surface area (Å²) in [7, 11) is -3.64. The summed E-state index contributed by atoms with van der Waals surface area (Å²) in [6.07, 6.45) is 3.80. The first-order valence-electron chi connectivity index (χ1n) is 6.82. The third-order valence-electron chi connectivity index (χ3n) is 3.69. The molecule has 0 aromatic heterocycles. The Bertz CT molecular complexity index is 581. The molecular weight excluding hydrogens is 301 g/mol. The van der Waals surface area contributed by atoms with Crippen LogP contribution in [0.5, 0.6) is 0 Å². The molecule has 0 unspecified atom stereocenters. The lowest BCUT2D eigenvalue weighted by Crippen LogP contribution is -2.32. The van der Waals surface area contributed by atoms with E-state index in [4.69, 9.17) is 11.6 Å². The topological polar surface area (TPSA) is 37.4 Å². The van der Waals surface area contributed by atoms with Gasteiger partial charge in [0.15, 0.2) is 0 Å². The van der Waals surface area contributed by atoms with Crippen LogP contribution in [0.15, 0.2) is 17.0 Å². The Morgan fingerprint density at radius 1 is 1.20 bits per heavy atom. The van der Waals surface area contributed by atoms with Gasteiger partial charge in [0.05, 0.1) is 4.90 Å². The Balaban J connectivity index is 2.45. The van der Waals surface area contributed by atoms with Gasteiger partial charge in [-0.15, -0.1) is 11.6 Å². The summed E-state index contributed by atoms with van der Waals surface area (Å²) in [5, 5.41) is 0. The van der Waals surface area contributed by atoms with Crippen LogP contribution in [-0.2, 0) is 15.9 Å². The molecule has 0 radical (unpaired) electrons. The number of halogens is 2. The Labute approximate surface area is 124 Å². The third kappa shape index (κ3) is 3.15. The van der Waals surface area contributed by atoms with Crippen molar-refractivity contribution in [3.63, 3.8) is 0 Å². The van der Waals surface area contributed by atoms with Crippen molar-refractivity contribution in [2.24, 2.45) is 0 Å². The molecule has 0 N–H and O–H groups in total. The lowest BCUT2D eigenvalue weighted by molar-refractivity contribution is 0.422. The van der Waals surface area contributed by atoms with Crippen LogP contribution in [-0.4, -0.2) is 25.8 Å². The third-order valence-corrected chi connectivity index (χ3v) is 6.03. The molecule has 1 fully saturated rings. The highest BCUT2D eigenvalue weighted by molar-refractivity contribution is 7.89. The van der Waals surface area contributed by atoms with Crippen LogP contribution in [0.2, 0.25) is 0 Å². The minimum absolute atomic E-state index is 0.0510. The number of hydrogen-bond acceptors (Lipinski definition) is 2. The van der Waals surface area contributed by atoms with Crippen molar-refractivity contribution >= 4 is 21.6 Å². The van der Waals surface area contributed by atoms with Crippen molar-refractivity contribution in [2.75, 3.05) is 13.1 Å². The SMILES string of the molecule is Cc1c(F)cc(CCl)cc1S(=O)(=O)N1CCCCCC1. The van der Waals surface area contributed by atoms with E-state index in [0.29, 0.717) is 18.7 Å². The highest BCUT2D eigenvalue weighted by atomic mass is 35.5. The Morgan fingerprint density at radius 3 is 2.35 bits per heavy atom. The van der Waals surface area contributed by atoms with Crippen molar-refractivity contribution in [2.45, 2.75) is 43.4 Å². The molecule has 1 aliphatic heterocycles. The molecular formula is C14H19ClFNO2S. The molecule has 1 aromatic carbocycles. The highest BCUT2D eigenvalue weighted by Gasteiger charge is 2.28. The van der Waals surface area contributed by atoms with Gasteiger partial charge in [-0.2, -0.15) is 4.31 Å². The molecule has 1 aromatic rings. The molecule has 0 saturated carbocycles. The van der Waals surface area contributed by atoms with Crippen molar-refractivity contribution in [1.82, 2.24) is 4.31 Å². The Morgan fingerprint density at radius 2 is 1.80 bits per heavy atom. The fraction of sp³-hybridized carbons (Fsp3) is 0.571. The van der Waals surface area contributed by atoms with E-state index in [1.165, 1.54) is 23.4 Å². The highest BCUT2D eigenvalue weighted by Crippen LogP contribution is 2.26. The molecule has 1 heterocycles. The molecule has 0 amide bonds. The molecule has 0 aliphatic carbocycles. The number of nitrogens with zero attached hydrogens (tertiary/aromatic N) is 1. The van der Waals surface area contributed by atoms with Gasteiger partial charge in [0.25, 0.3) is 0 Å². The van der Waals surface area contributed by atoms with Crippen LogP contribution in [0.1, 0.15) is 36.8 Å². The lowest BCUT2D eigenvalue weighted by Gasteiger charge is -2.21. The van der Waals surface area contributed by atoms with Crippen molar-refractivity contribution in [3.05, 3.63) is 29.1 Å². The average Bonchev–Trinajstić information content (AvgIpc) is 2.70. The second kappa shape index (κ2) is 6.41. The van der Waals surface area contributed by atoms with Crippen LogP contribution in [0.25, 0.3) is 0 Å². The molecule has 20 heavy (non-hydrogen) atoms. The monoisotopic (exact) mass is 319 g/mol. The fourth-order valence-corrected chi connectivity index (χ4v) is 4.43. The molecule has 0 spiro atoms.